The van der Waals surface area contributed by atoms with Crippen molar-refractivity contribution in [3.05, 3.63) is 64.3 Å². The minimum absolute atomic E-state index is 0.0366. The second kappa shape index (κ2) is 7.53. The van der Waals surface area contributed by atoms with Crippen LogP contribution in [0.15, 0.2) is 42.5 Å². The number of phenolic OH excluding ortho intramolecular Hbond substituents is 1. The molecule has 8 heteroatoms. The van der Waals surface area contributed by atoms with Gasteiger partial charge in [-0.1, -0.05) is 23.7 Å². The number of piperazine rings is 1. The first-order valence-electron chi connectivity index (χ1n) is 10.6. The number of rotatable bonds is 4. The van der Waals surface area contributed by atoms with Crippen molar-refractivity contribution < 1.29 is 19.8 Å². The van der Waals surface area contributed by atoms with Gasteiger partial charge in [0.2, 0.25) is 11.8 Å². The van der Waals surface area contributed by atoms with Gasteiger partial charge in [-0.2, -0.15) is 0 Å². The van der Waals surface area contributed by atoms with Crippen LogP contribution in [0.4, 0.5) is 0 Å². The highest BCUT2D eigenvalue weighted by Gasteiger charge is 2.55. The van der Waals surface area contributed by atoms with E-state index in [1.807, 2.05) is 18.2 Å². The molecule has 2 aliphatic heterocycles. The van der Waals surface area contributed by atoms with Crippen LogP contribution in [0.5, 0.6) is 5.75 Å². The normalized spacial score (nSPS) is 22.9. The number of halogens is 1. The van der Waals surface area contributed by atoms with Crippen LogP contribution in [0.2, 0.25) is 5.02 Å². The third-order valence-electron chi connectivity index (χ3n) is 6.60. The first-order valence-corrected chi connectivity index (χ1v) is 11.0. The zero-order valence-corrected chi connectivity index (χ0v) is 18.4. The second-order valence-electron chi connectivity index (χ2n) is 8.72. The standard InChI is InChI=1S/C24H24ClN3O4/c1-24-12-18-17-11-15(25)6-7-19(17)26-21(18)22(14-4-2-5-16(30)10-14)28(24)20(31)13-27(23(24)32)8-3-9-29/h2,4-7,10-11,22,26,29-30H,3,8-9,12-13H2,1H3/t22-,24+/m1/s1. The Labute approximate surface area is 190 Å². The van der Waals surface area contributed by atoms with E-state index in [-0.39, 0.29) is 30.7 Å². The van der Waals surface area contributed by atoms with Crippen LogP contribution < -0.4 is 0 Å². The quantitative estimate of drug-likeness (QED) is 0.565. The lowest BCUT2D eigenvalue weighted by Crippen LogP contribution is -2.69. The first-order chi connectivity index (χ1) is 15.3. The van der Waals surface area contributed by atoms with Crippen molar-refractivity contribution in [3.63, 3.8) is 0 Å². The molecule has 0 radical (unpaired) electrons. The number of aromatic nitrogens is 1. The number of carbonyl (C=O) groups excluding carboxylic acids is 2. The molecule has 1 aromatic heterocycles. The average Bonchev–Trinajstić information content (AvgIpc) is 3.11. The van der Waals surface area contributed by atoms with Crippen molar-refractivity contribution in [2.45, 2.75) is 31.3 Å². The summed E-state index contributed by atoms with van der Waals surface area (Å²) in [5.41, 5.74) is 2.27. The fraction of sp³-hybridized carbons (Fsp3) is 0.333. The van der Waals surface area contributed by atoms with Crippen molar-refractivity contribution >= 4 is 34.3 Å². The molecule has 1 saturated heterocycles. The van der Waals surface area contributed by atoms with Crippen LogP contribution in [-0.4, -0.2) is 62.0 Å². The van der Waals surface area contributed by atoms with Crippen molar-refractivity contribution in [1.29, 1.82) is 0 Å². The molecule has 3 N–H and O–H groups in total. The van der Waals surface area contributed by atoms with Crippen LogP contribution in [0.25, 0.3) is 10.9 Å². The number of carbonyl (C=O) groups is 2. The second-order valence-corrected chi connectivity index (χ2v) is 9.16. The van der Waals surface area contributed by atoms with E-state index in [0.29, 0.717) is 24.4 Å². The smallest absolute Gasteiger partial charge is 0.249 e. The molecular formula is C24H24ClN3O4. The van der Waals surface area contributed by atoms with Gasteiger partial charge in [0.25, 0.3) is 0 Å². The van der Waals surface area contributed by atoms with Gasteiger partial charge in [0, 0.05) is 41.2 Å². The molecule has 0 unspecified atom stereocenters. The first kappa shape index (κ1) is 20.8. The van der Waals surface area contributed by atoms with Gasteiger partial charge in [-0.3, -0.25) is 9.59 Å². The van der Waals surface area contributed by atoms with Gasteiger partial charge in [-0.05, 0) is 54.8 Å². The fourth-order valence-corrected chi connectivity index (χ4v) is 5.38. The number of nitrogens with zero attached hydrogens (tertiary/aromatic N) is 2. The monoisotopic (exact) mass is 453 g/mol. The fourth-order valence-electron chi connectivity index (χ4n) is 5.21. The number of aliphatic hydroxyl groups excluding tert-OH is 1. The van der Waals surface area contributed by atoms with Crippen LogP contribution in [0, 0.1) is 0 Å². The molecule has 1 fully saturated rings. The summed E-state index contributed by atoms with van der Waals surface area (Å²) in [5.74, 6) is -0.214. The lowest BCUT2D eigenvalue weighted by Gasteiger charge is -2.53. The number of fused-ring (bicyclic) bond motifs is 4. The third kappa shape index (κ3) is 3.07. The lowest BCUT2D eigenvalue weighted by molar-refractivity contribution is -0.167. The van der Waals surface area contributed by atoms with Crippen LogP contribution in [0.1, 0.15) is 36.2 Å². The number of H-pyrrole nitrogens is 1. The van der Waals surface area contributed by atoms with E-state index in [1.165, 1.54) is 0 Å². The maximum atomic E-state index is 13.7. The van der Waals surface area contributed by atoms with E-state index in [0.717, 1.165) is 27.7 Å². The summed E-state index contributed by atoms with van der Waals surface area (Å²) in [6, 6.07) is 11.8. The molecule has 166 valence electrons. The highest BCUT2D eigenvalue weighted by atomic mass is 35.5. The minimum atomic E-state index is -1.11. The van der Waals surface area contributed by atoms with Crippen molar-refractivity contribution in [2.75, 3.05) is 19.7 Å². The lowest BCUT2D eigenvalue weighted by atomic mass is 9.78. The number of amides is 2. The number of nitrogens with one attached hydrogen (secondary N) is 1. The Morgan fingerprint density at radius 1 is 1.22 bits per heavy atom. The van der Waals surface area contributed by atoms with E-state index in [4.69, 9.17) is 11.6 Å². The molecule has 0 bridgehead atoms. The zero-order valence-electron chi connectivity index (χ0n) is 17.6. The molecule has 2 atom stereocenters. The molecule has 3 aromatic rings. The van der Waals surface area contributed by atoms with E-state index < -0.39 is 11.6 Å². The molecule has 3 heterocycles. The zero-order chi connectivity index (χ0) is 22.6. The largest absolute Gasteiger partial charge is 0.508 e. The van der Waals surface area contributed by atoms with Gasteiger partial charge in [-0.25, -0.2) is 0 Å². The Kier molecular flexibility index (Phi) is 4.91. The number of hydrogen-bond donors (Lipinski definition) is 3. The van der Waals surface area contributed by atoms with Crippen molar-refractivity contribution in [2.24, 2.45) is 0 Å². The van der Waals surface area contributed by atoms with Crippen LogP contribution in [0.3, 0.4) is 0 Å². The third-order valence-corrected chi connectivity index (χ3v) is 6.84. The van der Waals surface area contributed by atoms with Crippen LogP contribution in [-0.2, 0) is 16.0 Å². The summed E-state index contributed by atoms with van der Waals surface area (Å²) in [6.07, 6.45) is 0.761. The SMILES string of the molecule is C[C@@]12Cc3c([nH]c4ccc(Cl)cc34)[C@@H](c3cccc(O)c3)N1C(=O)CN(CCCO)C2=O. The molecule has 2 aliphatic rings. The molecule has 7 nitrogen and oxygen atoms in total. The van der Waals surface area contributed by atoms with Crippen molar-refractivity contribution in [3.8, 4) is 5.75 Å². The van der Waals surface area contributed by atoms with E-state index in [1.54, 1.807) is 41.0 Å². The summed E-state index contributed by atoms with van der Waals surface area (Å²) < 4.78 is 0. The number of aromatic hydroxyl groups is 1. The molecule has 0 aliphatic carbocycles. The molecule has 0 spiro atoms. The molecule has 2 amide bonds. The van der Waals surface area contributed by atoms with Gasteiger partial charge >= 0.3 is 0 Å². The summed E-state index contributed by atoms with van der Waals surface area (Å²) in [6.45, 7) is 2.05. The number of aliphatic hydroxyl groups is 1. The molecule has 0 saturated carbocycles. The average molecular weight is 454 g/mol. The Balaban J connectivity index is 1.73. The van der Waals surface area contributed by atoms with Crippen LogP contribution >= 0.6 is 11.6 Å². The topological polar surface area (TPSA) is 96.9 Å². The maximum absolute atomic E-state index is 13.7. The molecular weight excluding hydrogens is 430 g/mol. The molecule has 2 aromatic carbocycles. The van der Waals surface area contributed by atoms with Gasteiger partial charge in [0.1, 0.15) is 11.3 Å². The Morgan fingerprint density at radius 3 is 2.78 bits per heavy atom. The summed E-state index contributed by atoms with van der Waals surface area (Å²) in [4.78, 5) is 33.8. The minimum Gasteiger partial charge on any atom is -0.508 e. The summed E-state index contributed by atoms with van der Waals surface area (Å²) in [5, 5.41) is 20.9. The van der Waals surface area contributed by atoms with Gasteiger partial charge < -0.3 is 25.0 Å². The van der Waals surface area contributed by atoms with E-state index in [9.17, 15) is 19.8 Å². The van der Waals surface area contributed by atoms with Crippen molar-refractivity contribution in [1.82, 2.24) is 14.8 Å². The predicted molar refractivity (Wildman–Crippen MR) is 120 cm³/mol. The number of aromatic amines is 1. The molecule has 5 rings (SSSR count). The highest BCUT2D eigenvalue weighted by Crippen LogP contribution is 2.47. The Morgan fingerprint density at radius 2 is 2.03 bits per heavy atom. The van der Waals surface area contributed by atoms with E-state index >= 15 is 0 Å². The van der Waals surface area contributed by atoms with Gasteiger partial charge in [0.15, 0.2) is 0 Å². The number of hydrogen-bond acceptors (Lipinski definition) is 4. The maximum Gasteiger partial charge on any atom is 0.249 e. The van der Waals surface area contributed by atoms with E-state index in [2.05, 4.69) is 4.98 Å². The molecule has 32 heavy (non-hydrogen) atoms. The predicted octanol–water partition coefficient (Wildman–Crippen LogP) is 2.98. The summed E-state index contributed by atoms with van der Waals surface area (Å²) >= 11 is 6.29. The highest BCUT2D eigenvalue weighted by molar-refractivity contribution is 6.31. The van der Waals surface area contributed by atoms with Gasteiger partial charge in [-0.15, -0.1) is 0 Å². The Bertz CT molecular complexity index is 1240. The summed E-state index contributed by atoms with van der Waals surface area (Å²) in [7, 11) is 0. The van der Waals surface area contributed by atoms with Gasteiger partial charge in [0.05, 0.1) is 12.6 Å². The number of phenols is 1. The Hall–Kier alpha value is -3.03. The number of benzene rings is 2.